The lowest BCUT2D eigenvalue weighted by Crippen LogP contribution is -1.99. The van der Waals surface area contributed by atoms with E-state index in [0.717, 1.165) is 6.42 Å². The molecule has 104 valence electrons. The Hall–Kier alpha value is -2.25. The number of rotatable bonds is 0. The molecule has 0 saturated carbocycles. The first-order valence-electron chi connectivity index (χ1n) is 7.58. The van der Waals surface area contributed by atoms with Crippen molar-refractivity contribution in [1.82, 2.24) is 0 Å². The Kier molecular flexibility index (Phi) is 2.59. The third-order valence-corrected chi connectivity index (χ3v) is 5.68. The third-order valence-electron chi connectivity index (χ3n) is 4.46. The van der Waals surface area contributed by atoms with E-state index in [9.17, 15) is 0 Å². The van der Waals surface area contributed by atoms with Crippen LogP contribution < -0.4 is 0 Å². The molecule has 1 heteroatoms. The Morgan fingerprint density at radius 1 is 0.545 bits per heavy atom. The molecule has 0 fully saturated rings. The van der Waals surface area contributed by atoms with Gasteiger partial charge < -0.3 is 0 Å². The molecule has 1 aliphatic heterocycles. The Labute approximate surface area is 133 Å². The van der Waals surface area contributed by atoms with Crippen LogP contribution in [0.3, 0.4) is 0 Å². The fourth-order valence-corrected chi connectivity index (χ4v) is 4.43. The van der Waals surface area contributed by atoms with Crippen molar-refractivity contribution < 1.29 is 0 Å². The molecule has 4 aromatic rings. The highest BCUT2D eigenvalue weighted by atomic mass is 32.2. The van der Waals surface area contributed by atoms with Crippen molar-refractivity contribution in [2.24, 2.45) is 0 Å². The minimum Gasteiger partial charge on any atom is -0.0895 e. The third kappa shape index (κ3) is 1.86. The summed E-state index contributed by atoms with van der Waals surface area (Å²) in [7, 11) is 0. The van der Waals surface area contributed by atoms with Gasteiger partial charge in [-0.05, 0) is 69.4 Å². The summed E-state index contributed by atoms with van der Waals surface area (Å²) in [5.41, 5.74) is 2.90. The van der Waals surface area contributed by atoms with Crippen molar-refractivity contribution in [3.63, 3.8) is 0 Å². The van der Waals surface area contributed by atoms with Crippen molar-refractivity contribution in [2.75, 3.05) is 0 Å². The highest BCUT2D eigenvalue weighted by Crippen LogP contribution is 2.41. The second-order valence-corrected chi connectivity index (χ2v) is 6.98. The number of hydrogen-bond acceptors (Lipinski definition) is 1. The molecular formula is C21H14S. The van der Waals surface area contributed by atoms with Gasteiger partial charge in [0.25, 0.3) is 0 Å². The molecule has 0 N–H and O–H groups in total. The van der Waals surface area contributed by atoms with Crippen molar-refractivity contribution in [3.05, 3.63) is 83.9 Å². The summed E-state index contributed by atoms with van der Waals surface area (Å²) in [4.78, 5) is 2.80. The monoisotopic (exact) mass is 298 g/mol. The maximum Gasteiger partial charge on any atom is 0.0164 e. The quantitative estimate of drug-likeness (QED) is 0.314. The fraction of sp³-hybridized carbons (Fsp3) is 0.0476. The molecule has 22 heavy (non-hydrogen) atoms. The smallest absolute Gasteiger partial charge is 0.0164 e. The van der Waals surface area contributed by atoms with Gasteiger partial charge in [0, 0.05) is 9.79 Å². The predicted molar refractivity (Wildman–Crippen MR) is 94.8 cm³/mol. The topological polar surface area (TPSA) is 0 Å². The summed E-state index contributed by atoms with van der Waals surface area (Å²) >= 11 is 1.90. The van der Waals surface area contributed by atoms with Crippen LogP contribution in [0.2, 0.25) is 0 Å². The van der Waals surface area contributed by atoms with Gasteiger partial charge in [-0.15, -0.1) is 0 Å². The maximum atomic E-state index is 2.38. The number of fused-ring (bicyclic) bond motifs is 4. The van der Waals surface area contributed by atoms with Crippen LogP contribution in [0, 0.1) is 0 Å². The van der Waals surface area contributed by atoms with Crippen LogP contribution in [0.15, 0.2) is 82.6 Å². The summed E-state index contributed by atoms with van der Waals surface area (Å²) in [6, 6.07) is 26.7. The Morgan fingerprint density at radius 3 is 2.05 bits per heavy atom. The van der Waals surface area contributed by atoms with Gasteiger partial charge in [-0.1, -0.05) is 54.2 Å². The predicted octanol–water partition coefficient (Wildman–Crippen LogP) is 6.05. The van der Waals surface area contributed by atoms with Gasteiger partial charge in [0.05, 0.1) is 0 Å². The van der Waals surface area contributed by atoms with Gasteiger partial charge in [-0.3, -0.25) is 0 Å². The van der Waals surface area contributed by atoms with Crippen LogP contribution in [0.4, 0.5) is 0 Å². The second-order valence-electron chi connectivity index (χ2n) is 5.89. The minimum absolute atomic E-state index is 1.04. The largest absolute Gasteiger partial charge is 0.0895 e. The first-order valence-corrected chi connectivity index (χ1v) is 8.40. The van der Waals surface area contributed by atoms with Crippen LogP contribution >= 0.6 is 11.8 Å². The molecule has 0 radical (unpaired) electrons. The van der Waals surface area contributed by atoms with Gasteiger partial charge in [-0.2, -0.15) is 0 Å². The minimum atomic E-state index is 1.04. The molecule has 0 atom stereocenters. The van der Waals surface area contributed by atoms with Crippen molar-refractivity contribution in [1.29, 1.82) is 0 Å². The zero-order valence-corrected chi connectivity index (χ0v) is 12.9. The van der Waals surface area contributed by atoms with Crippen molar-refractivity contribution in [3.8, 4) is 0 Å². The lowest BCUT2D eigenvalue weighted by Gasteiger charge is -2.19. The fourth-order valence-electron chi connectivity index (χ4n) is 3.32. The molecule has 5 rings (SSSR count). The summed E-state index contributed by atoms with van der Waals surface area (Å²) in [5, 5.41) is 5.32. The molecule has 0 aromatic heterocycles. The number of hydrogen-bond donors (Lipinski definition) is 0. The lowest BCUT2D eigenvalue weighted by molar-refractivity contribution is 1.06. The second kappa shape index (κ2) is 4.62. The van der Waals surface area contributed by atoms with Crippen molar-refractivity contribution >= 4 is 33.3 Å². The van der Waals surface area contributed by atoms with Crippen LogP contribution in [0.1, 0.15) is 11.1 Å². The highest BCUT2D eigenvalue weighted by molar-refractivity contribution is 7.99. The van der Waals surface area contributed by atoms with Gasteiger partial charge in [0.2, 0.25) is 0 Å². The SMILES string of the molecule is c1ccc2c(c1)Cc1cc3cc4ccccc4cc3cc1S2. The first kappa shape index (κ1) is 12.3. The van der Waals surface area contributed by atoms with Crippen LogP contribution in [-0.4, -0.2) is 0 Å². The van der Waals surface area contributed by atoms with E-state index < -0.39 is 0 Å². The molecule has 0 saturated heterocycles. The average Bonchev–Trinajstić information content (AvgIpc) is 2.56. The molecule has 0 bridgehead atoms. The van der Waals surface area contributed by atoms with E-state index in [2.05, 4.69) is 72.8 Å². The molecule has 0 amide bonds. The van der Waals surface area contributed by atoms with Crippen LogP contribution in [-0.2, 0) is 6.42 Å². The zero-order chi connectivity index (χ0) is 14.5. The molecule has 1 heterocycles. The lowest BCUT2D eigenvalue weighted by atomic mass is 9.98. The van der Waals surface area contributed by atoms with E-state index in [0.29, 0.717) is 0 Å². The van der Waals surface area contributed by atoms with E-state index in [-0.39, 0.29) is 0 Å². The highest BCUT2D eigenvalue weighted by Gasteiger charge is 2.16. The average molecular weight is 298 g/mol. The number of benzene rings is 4. The van der Waals surface area contributed by atoms with Gasteiger partial charge >= 0.3 is 0 Å². The van der Waals surface area contributed by atoms with Gasteiger partial charge in [0.1, 0.15) is 0 Å². The molecule has 0 nitrogen and oxygen atoms in total. The van der Waals surface area contributed by atoms with E-state index in [4.69, 9.17) is 0 Å². The molecule has 0 spiro atoms. The zero-order valence-electron chi connectivity index (χ0n) is 12.0. The summed E-state index contributed by atoms with van der Waals surface area (Å²) in [6.45, 7) is 0. The van der Waals surface area contributed by atoms with Gasteiger partial charge in [0.15, 0.2) is 0 Å². The van der Waals surface area contributed by atoms with Crippen molar-refractivity contribution in [2.45, 2.75) is 16.2 Å². The molecular weight excluding hydrogens is 284 g/mol. The molecule has 4 aromatic carbocycles. The van der Waals surface area contributed by atoms with E-state index in [1.54, 1.807) is 0 Å². The maximum absolute atomic E-state index is 2.38. The summed E-state index contributed by atoms with van der Waals surface area (Å²) in [5.74, 6) is 0. The molecule has 0 unspecified atom stereocenters. The molecule has 0 aliphatic carbocycles. The summed E-state index contributed by atoms with van der Waals surface area (Å²) < 4.78 is 0. The van der Waals surface area contributed by atoms with E-state index >= 15 is 0 Å². The van der Waals surface area contributed by atoms with Gasteiger partial charge in [-0.25, -0.2) is 0 Å². The van der Waals surface area contributed by atoms with E-state index in [1.807, 2.05) is 11.8 Å². The van der Waals surface area contributed by atoms with Crippen LogP contribution in [0.25, 0.3) is 21.5 Å². The summed E-state index contributed by atoms with van der Waals surface area (Å²) in [6.07, 6.45) is 1.04. The molecule has 1 aliphatic rings. The first-order chi connectivity index (χ1) is 10.9. The van der Waals surface area contributed by atoms with E-state index in [1.165, 1.54) is 42.5 Å². The van der Waals surface area contributed by atoms with Crippen LogP contribution in [0.5, 0.6) is 0 Å². The Bertz CT molecular complexity index is 947. The normalized spacial score (nSPS) is 13.1. The Balaban J connectivity index is 1.75. The standard InChI is InChI=1S/C21H14S/c1-2-6-15-10-18-13-21-19(12-17(18)9-14(15)5-1)11-16-7-3-4-8-20(16)22-21/h1-10,12-13H,11H2. The Morgan fingerprint density at radius 2 is 1.23 bits per heavy atom.